The first-order valence-corrected chi connectivity index (χ1v) is 9.05. The van der Waals surface area contributed by atoms with Gasteiger partial charge in [0.1, 0.15) is 0 Å². The van der Waals surface area contributed by atoms with E-state index in [2.05, 4.69) is 15.6 Å². The van der Waals surface area contributed by atoms with E-state index in [0.29, 0.717) is 29.0 Å². The summed E-state index contributed by atoms with van der Waals surface area (Å²) in [5, 5.41) is 6.85. The molecule has 1 heterocycles. The molecule has 0 saturated heterocycles. The van der Waals surface area contributed by atoms with E-state index in [4.69, 9.17) is 34.7 Å². The van der Waals surface area contributed by atoms with Crippen molar-refractivity contribution in [1.82, 2.24) is 20.2 Å². The van der Waals surface area contributed by atoms with Gasteiger partial charge >= 0.3 is 0 Å². The molecule has 7 nitrogen and oxygen atoms in total. The van der Waals surface area contributed by atoms with Crippen LogP contribution in [0.1, 0.15) is 12.0 Å². The van der Waals surface area contributed by atoms with Crippen LogP contribution in [0.5, 0.6) is 0 Å². The molecule has 0 fully saturated rings. The number of rotatable bonds is 9. The molecule has 1 aromatic carbocycles. The van der Waals surface area contributed by atoms with Gasteiger partial charge in [-0.2, -0.15) is 0 Å². The quantitative estimate of drug-likeness (QED) is 0.288. The van der Waals surface area contributed by atoms with Gasteiger partial charge in [0.25, 0.3) is 5.91 Å². The lowest BCUT2D eigenvalue weighted by atomic mass is 10.2. The lowest BCUT2D eigenvalue weighted by Crippen LogP contribution is -2.30. The zero-order valence-electron chi connectivity index (χ0n) is 14.7. The molecule has 2 aromatic rings. The van der Waals surface area contributed by atoms with Crippen LogP contribution in [0.25, 0.3) is 0 Å². The molecule has 144 valence electrons. The summed E-state index contributed by atoms with van der Waals surface area (Å²) in [4.78, 5) is 15.9. The van der Waals surface area contributed by atoms with Crippen LogP contribution in [-0.4, -0.2) is 22.0 Å². The van der Waals surface area contributed by atoms with Crippen molar-refractivity contribution in [2.75, 3.05) is 6.54 Å². The third-order valence-corrected chi connectivity index (χ3v) is 4.00. The van der Waals surface area contributed by atoms with E-state index in [-0.39, 0.29) is 11.6 Å². The Morgan fingerprint density at radius 3 is 2.56 bits per heavy atom. The Kier molecular flexibility index (Phi) is 8.03. The first-order chi connectivity index (χ1) is 12.9. The predicted molar refractivity (Wildman–Crippen MR) is 108 cm³/mol. The fraction of sp³-hybridized carbons (Fsp3) is 0.222. The lowest BCUT2D eigenvalue weighted by molar-refractivity contribution is -0.117. The average Bonchev–Trinajstić information content (AvgIpc) is 3.14. The van der Waals surface area contributed by atoms with Gasteiger partial charge in [0, 0.05) is 42.1 Å². The van der Waals surface area contributed by atoms with Crippen molar-refractivity contribution >= 4 is 29.1 Å². The standard InChI is InChI=1S/C18H22Cl2N6O/c19-14-8-13(9-15(20)10-14)11-25-17(22)3-2-16(21)18(27)24-4-1-6-26-7-5-23-12-26/h2-3,5,7-10,12,25H,1,4,6,11,21-22H2,(H,24,27)/b16-2-,17-3+. The number of carbonyl (C=O) groups is 1. The number of amides is 1. The number of nitrogens with two attached hydrogens (primary N) is 2. The molecule has 0 spiro atoms. The molecular weight excluding hydrogens is 387 g/mol. The van der Waals surface area contributed by atoms with Crippen LogP contribution in [0.4, 0.5) is 0 Å². The topological polar surface area (TPSA) is 111 Å². The fourth-order valence-electron chi connectivity index (χ4n) is 2.22. The fourth-order valence-corrected chi connectivity index (χ4v) is 2.79. The van der Waals surface area contributed by atoms with Crippen LogP contribution in [0, 0.1) is 0 Å². The molecule has 0 aliphatic heterocycles. The number of halogens is 2. The number of imidazole rings is 1. The Morgan fingerprint density at radius 1 is 1.15 bits per heavy atom. The van der Waals surface area contributed by atoms with Crippen molar-refractivity contribution in [1.29, 1.82) is 0 Å². The van der Waals surface area contributed by atoms with Gasteiger partial charge in [-0.25, -0.2) is 4.98 Å². The van der Waals surface area contributed by atoms with Gasteiger partial charge in [0.15, 0.2) is 0 Å². The normalized spacial score (nSPS) is 12.1. The van der Waals surface area contributed by atoms with Crippen molar-refractivity contribution in [2.24, 2.45) is 11.5 Å². The molecule has 9 heteroatoms. The second kappa shape index (κ2) is 10.5. The molecule has 0 saturated carbocycles. The maximum absolute atomic E-state index is 11.9. The minimum absolute atomic E-state index is 0.0770. The van der Waals surface area contributed by atoms with Gasteiger partial charge in [0.2, 0.25) is 0 Å². The Morgan fingerprint density at radius 2 is 1.89 bits per heavy atom. The zero-order chi connectivity index (χ0) is 19.6. The number of nitrogens with zero attached hydrogens (tertiary/aromatic N) is 2. The monoisotopic (exact) mass is 408 g/mol. The molecule has 0 unspecified atom stereocenters. The highest BCUT2D eigenvalue weighted by molar-refractivity contribution is 6.34. The van der Waals surface area contributed by atoms with Crippen molar-refractivity contribution in [3.8, 4) is 0 Å². The number of hydrogen-bond donors (Lipinski definition) is 4. The largest absolute Gasteiger partial charge is 0.394 e. The number of aryl methyl sites for hydroxylation is 1. The number of allylic oxidation sites excluding steroid dienone is 2. The Hall–Kier alpha value is -2.64. The van der Waals surface area contributed by atoms with Crippen LogP contribution in [0.2, 0.25) is 10.0 Å². The Bertz CT molecular complexity index is 797. The third kappa shape index (κ3) is 7.64. The van der Waals surface area contributed by atoms with E-state index < -0.39 is 0 Å². The number of carbonyl (C=O) groups excluding carboxylic acids is 1. The number of nitrogens with one attached hydrogen (secondary N) is 2. The third-order valence-electron chi connectivity index (χ3n) is 3.56. The van der Waals surface area contributed by atoms with Gasteiger partial charge in [-0.05, 0) is 42.3 Å². The summed E-state index contributed by atoms with van der Waals surface area (Å²) in [6, 6.07) is 5.23. The maximum atomic E-state index is 11.9. The molecule has 0 bridgehead atoms. The minimum Gasteiger partial charge on any atom is -0.394 e. The summed E-state index contributed by atoms with van der Waals surface area (Å²) in [5.41, 5.74) is 12.6. The lowest BCUT2D eigenvalue weighted by Gasteiger charge is -2.08. The average molecular weight is 409 g/mol. The molecule has 2 rings (SSSR count). The second-order valence-corrected chi connectivity index (χ2v) is 6.66. The molecule has 27 heavy (non-hydrogen) atoms. The van der Waals surface area contributed by atoms with Crippen LogP contribution < -0.4 is 22.1 Å². The number of benzene rings is 1. The van der Waals surface area contributed by atoms with Gasteiger partial charge in [-0.15, -0.1) is 0 Å². The van der Waals surface area contributed by atoms with Crippen LogP contribution >= 0.6 is 23.2 Å². The summed E-state index contributed by atoms with van der Waals surface area (Å²) in [7, 11) is 0. The summed E-state index contributed by atoms with van der Waals surface area (Å²) < 4.78 is 1.94. The summed E-state index contributed by atoms with van der Waals surface area (Å²) in [6.07, 6.45) is 9.08. The zero-order valence-corrected chi connectivity index (χ0v) is 16.2. The maximum Gasteiger partial charge on any atom is 0.267 e. The molecular formula is C18H22Cl2N6O. The first kappa shape index (κ1) is 20.7. The van der Waals surface area contributed by atoms with E-state index >= 15 is 0 Å². The smallest absolute Gasteiger partial charge is 0.267 e. The van der Waals surface area contributed by atoms with E-state index in [1.807, 2.05) is 10.8 Å². The highest BCUT2D eigenvalue weighted by Crippen LogP contribution is 2.18. The molecule has 0 atom stereocenters. The van der Waals surface area contributed by atoms with E-state index in [1.165, 1.54) is 12.2 Å². The van der Waals surface area contributed by atoms with Crippen LogP contribution in [0.15, 0.2) is 60.6 Å². The minimum atomic E-state index is -0.341. The highest BCUT2D eigenvalue weighted by atomic mass is 35.5. The summed E-state index contributed by atoms with van der Waals surface area (Å²) in [6.45, 7) is 1.73. The van der Waals surface area contributed by atoms with E-state index in [0.717, 1.165) is 18.5 Å². The van der Waals surface area contributed by atoms with Gasteiger partial charge in [-0.3, -0.25) is 4.79 Å². The second-order valence-electron chi connectivity index (χ2n) is 5.79. The Balaban J connectivity index is 1.75. The highest BCUT2D eigenvalue weighted by Gasteiger charge is 2.03. The summed E-state index contributed by atoms with van der Waals surface area (Å²) in [5.74, 6) is 0.0215. The molecule has 0 aliphatic rings. The van der Waals surface area contributed by atoms with Crippen LogP contribution in [-0.2, 0) is 17.9 Å². The predicted octanol–water partition coefficient (Wildman–Crippen LogP) is 2.13. The van der Waals surface area contributed by atoms with Crippen molar-refractivity contribution < 1.29 is 4.79 Å². The van der Waals surface area contributed by atoms with Gasteiger partial charge in [0.05, 0.1) is 17.8 Å². The van der Waals surface area contributed by atoms with Crippen molar-refractivity contribution in [3.63, 3.8) is 0 Å². The molecule has 0 radical (unpaired) electrons. The van der Waals surface area contributed by atoms with Crippen molar-refractivity contribution in [2.45, 2.75) is 19.5 Å². The molecule has 6 N–H and O–H groups in total. The Labute approximate surface area is 168 Å². The summed E-state index contributed by atoms with van der Waals surface area (Å²) >= 11 is 11.9. The van der Waals surface area contributed by atoms with Crippen LogP contribution in [0.3, 0.4) is 0 Å². The number of hydrogen-bond acceptors (Lipinski definition) is 5. The molecule has 1 aromatic heterocycles. The van der Waals surface area contributed by atoms with E-state index in [1.54, 1.807) is 30.7 Å². The molecule has 0 aliphatic carbocycles. The first-order valence-electron chi connectivity index (χ1n) is 8.30. The molecule has 1 amide bonds. The van der Waals surface area contributed by atoms with Gasteiger partial charge in [-0.1, -0.05) is 23.2 Å². The van der Waals surface area contributed by atoms with Gasteiger partial charge < -0.3 is 26.7 Å². The van der Waals surface area contributed by atoms with Crippen molar-refractivity contribution in [3.05, 3.63) is 76.2 Å². The SMILES string of the molecule is N/C(=C\C=C(/N)NCc1cc(Cl)cc(Cl)c1)C(=O)NCCCn1ccnc1. The number of aromatic nitrogens is 2. The van der Waals surface area contributed by atoms with E-state index in [9.17, 15) is 4.79 Å².